The molecule has 1 rings (SSSR count). The Morgan fingerprint density at radius 3 is 2.25 bits per heavy atom. The van der Waals surface area contributed by atoms with Crippen molar-refractivity contribution in [1.29, 1.82) is 0 Å². The molecule has 132 valence electrons. The van der Waals surface area contributed by atoms with Crippen LogP contribution in [0.5, 0.6) is 0 Å². The van der Waals surface area contributed by atoms with Crippen molar-refractivity contribution in [3.05, 3.63) is 34.4 Å². The molecule has 0 spiro atoms. The van der Waals surface area contributed by atoms with Gasteiger partial charge in [-0.25, -0.2) is 4.79 Å². The van der Waals surface area contributed by atoms with Crippen molar-refractivity contribution in [2.75, 3.05) is 11.1 Å². The molecule has 24 heavy (non-hydrogen) atoms. The van der Waals surface area contributed by atoms with Crippen LogP contribution < -0.4 is 4.90 Å². The number of amides is 1. The maximum atomic E-state index is 12.3. The first-order chi connectivity index (χ1) is 11.0. The Morgan fingerprint density at radius 2 is 1.83 bits per heavy atom. The highest BCUT2D eigenvalue weighted by molar-refractivity contribution is 7.51. The predicted molar refractivity (Wildman–Crippen MR) is 83.8 cm³/mol. The molecule has 0 saturated carbocycles. The zero-order chi connectivity index (χ0) is 18.5. The molecule has 11 heteroatoms. The zero-order valence-corrected chi connectivity index (χ0v) is 13.6. The van der Waals surface area contributed by atoms with Gasteiger partial charge in [-0.15, -0.1) is 0 Å². The van der Waals surface area contributed by atoms with Gasteiger partial charge in [0.2, 0.25) is 5.91 Å². The van der Waals surface area contributed by atoms with Crippen LogP contribution in [0.1, 0.15) is 19.8 Å². The minimum atomic E-state index is -4.25. The maximum Gasteiger partial charge on any atom is 0.326 e. The number of carbonyl (C=O) groups excluding carboxylic acids is 1. The number of nitro groups is 1. The summed E-state index contributed by atoms with van der Waals surface area (Å²) in [6.45, 7) is 1.27. The first-order valence-electron chi connectivity index (χ1n) is 6.87. The van der Waals surface area contributed by atoms with Crippen LogP contribution in [0.2, 0.25) is 0 Å². The minimum Gasteiger partial charge on any atom is -0.480 e. The Kier molecular flexibility index (Phi) is 6.59. The first kappa shape index (κ1) is 19.8. The predicted octanol–water partition coefficient (Wildman–Crippen LogP) is 1.36. The molecule has 0 aliphatic rings. The highest BCUT2D eigenvalue weighted by atomic mass is 31.2. The van der Waals surface area contributed by atoms with E-state index in [-0.39, 0.29) is 24.2 Å². The fourth-order valence-electron chi connectivity index (χ4n) is 1.99. The number of hydrogen-bond donors (Lipinski definition) is 3. The molecule has 1 aromatic rings. The van der Waals surface area contributed by atoms with Gasteiger partial charge in [-0.2, -0.15) is 0 Å². The van der Waals surface area contributed by atoms with Crippen LogP contribution >= 0.6 is 7.60 Å². The van der Waals surface area contributed by atoms with Crippen molar-refractivity contribution >= 4 is 30.8 Å². The van der Waals surface area contributed by atoms with Crippen molar-refractivity contribution in [2.45, 2.75) is 25.8 Å². The fourth-order valence-corrected chi connectivity index (χ4v) is 2.56. The number of carbonyl (C=O) groups is 2. The average Bonchev–Trinajstić information content (AvgIpc) is 2.46. The Hall–Kier alpha value is -2.29. The third kappa shape index (κ3) is 5.73. The third-order valence-electron chi connectivity index (χ3n) is 3.19. The van der Waals surface area contributed by atoms with E-state index in [4.69, 9.17) is 14.9 Å². The molecule has 3 N–H and O–H groups in total. The van der Waals surface area contributed by atoms with Gasteiger partial charge in [-0.1, -0.05) is 0 Å². The van der Waals surface area contributed by atoms with Gasteiger partial charge < -0.3 is 14.9 Å². The number of nitro benzene ring substituents is 1. The van der Waals surface area contributed by atoms with Gasteiger partial charge >= 0.3 is 13.6 Å². The molecule has 0 radical (unpaired) electrons. The van der Waals surface area contributed by atoms with Gasteiger partial charge in [0.15, 0.2) is 0 Å². The molecule has 0 aromatic heterocycles. The lowest BCUT2D eigenvalue weighted by atomic mass is 10.1. The fraction of sp³-hybridized carbons (Fsp3) is 0.385. The molecule has 0 saturated heterocycles. The Balaban J connectivity index is 2.99. The summed E-state index contributed by atoms with van der Waals surface area (Å²) in [4.78, 5) is 52.0. The number of carboxylic acids is 1. The molecule has 0 fully saturated rings. The molecule has 0 unspecified atom stereocenters. The molecular formula is C13H17N2O8P. The summed E-state index contributed by atoms with van der Waals surface area (Å²) < 4.78 is 10.8. The molecule has 0 heterocycles. The Morgan fingerprint density at radius 1 is 1.29 bits per heavy atom. The van der Waals surface area contributed by atoms with Crippen LogP contribution in [0, 0.1) is 10.1 Å². The number of aliphatic carboxylic acids is 1. The number of rotatable bonds is 8. The quantitative estimate of drug-likeness (QED) is 0.356. The molecule has 1 aromatic carbocycles. The Labute approximate surface area is 137 Å². The van der Waals surface area contributed by atoms with Crippen LogP contribution in [0.25, 0.3) is 0 Å². The number of carboxylic acid groups (broad SMARTS) is 1. The summed E-state index contributed by atoms with van der Waals surface area (Å²) in [6, 6.07) is 3.53. The van der Waals surface area contributed by atoms with Crippen molar-refractivity contribution in [3.8, 4) is 0 Å². The number of benzene rings is 1. The average molecular weight is 360 g/mol. The smallest absolute Gasteiger partial charge is 0.326 e. The maximum absolute atomic E-state index is 12.3. The van der Waals surface area contributed by atoms with E-state index >= 15 is 0 Å². The summed E-state index contributed by atoms with van der Waals surface area (Å²) in [6.07, 6.45) is -0.868. The number of nitrogens with zero attached hydrogens (tertiary/aromatic N) is 2. The second-order valence-corrected chi connectivity index (χ2v) is 6.82. The van der Waals surface area contributed by atoms with Crippen molar-refractivity contribution in [1.82, 2.24) is 0 Å². The van der Waals surface area contributed by atoms with E-state index in [1.807, 2.05) is 0 Å². The third-order valence-corrected chi connectivity index (χ3v) is 4.09. The normalized spacial score (nSPS) is 12.5. The topological polar surface area (TPSA) is 158 Å². The van der Waals surface area contributed by atoms with Crippen LogP contribution in [0.3, 0.4) is 0 Å². The molecule has 0 bridgehead atoms. The van der Waals surface area contributed by atoms with E-state index in [1.165, 1.54) is 19.1 Å². The second kappa shape index (κ2) is 8.00. The van der Waals surface area contributed by atoms with Crippen molar-refractivity contribution in [3.63, 3.8) is 0 Å². The van der Waals surface area contributed by atoms with E-state index in [1.54, 1.807) is 0 Å². The van der Waals surface area contributed by atoms with Gasteiger partial charge in [0.25, 0.3) is 5.69 Å². The summed E-state index contributed by atoms with van der Waals surface area (Å²) in [5.74, 6) is -1.93. The number of non-ortho nitro benzene ring substituents is 1. The van der Waals surface area contributed by atoms with E-state index in [0.29, 0.717) is 0 Å². The van der Waals surface area contributed by atoms with Crippen LogP contribution in [-0.2, 0) is 14.2 Å². The molecular weight excluding hydrogens is 343 g/mol. The summed E-state index contributed by atoms with van der Waals surface area (Å²) in [5.41, 5.74) is -0.0627. The summed E-state index contributed by atoms with van der Waals surface area (Å²) in [5, 5.41) is 19.8. The molecule has 10 nitrogen and oxygen atoms in total. The zero-order valence-electron chi connectivity index (χ0n) is 12.7. The lowest BCUT2D eigenvalue weighted by Crippen LogP contribution is -2.43. The van der Waals surface area contributed by atoms with Gasteiger partial charge in [0, 0.05) is 24.2 Å². The van der Waals surface area contributed by atoms with Crippen LogP contribution in [0.15, 0.2) is 24.3 Å². The largest absolute Gasteiger partial charge is 0.480 e. The van der Waals surface area contributed by atoms with Crippen molar-refractivity contribution in [2.24, 2.45) is 0 Å². The van der Waals surface area contributed by atoms with E-state index in [0.717, 1.165) is 17.0 Å². The minimum absolute atomic E-state index is 0.112. The number of anilines is 1. The summed E-state index contributed by atoms with van der Waals surface area (Å²) >= 11 is 0. The van der Waals surface area contributed by atoms with Gasteiger partial charge in [0.05, 0.1) is 11.1 Å². The van der Waals surface area contributed by atoms with Gasteiger partial charge in [0.1, 0.15) is 6.04 Å². The second-order valence-electron chi connectivity index (χ2n) is 5.04. The standard InChI is InChI=1S/C13H17N2O8P/c1-9(13(17)18)14(12(16)3-2-8-24(21,22)23)10-4-6-11(7-5-10)15(19)20/h4-7,9H,2-3,8H2,1H3,(H,17,18)(H2,21,22,23)/t9-/m0/s1. The monoisotopic (exact) mass is 360 g/mol. The van der Waals surface area contributed by atoms with Crippen LogP contribution in [0.4, 0.5) is 11.4 Å². The number of hydrogen-bond acceptors (Lipinski definition) is 5. The summed E-state index contributed by atoms with van der Waals surface area (Å²) in [7, 11) is -4.25. The lowest BCUT2D eigenvalue weighted by molar-refractivity contribution is -0.384. The van der Waals surface area contributed by atoms with E-state index in [9.17, 15) is 24.3 Å². The van der Waals surface area contributed by atoms with E-state index < -0.39 is 36.6 Å². The Bertz CT molecular complexity index is 669. The molecule has 1 atom stereocenters. The van der Waals surface area contributed by atoms with Gasteiger partial charge in [-0.3, -0.25) is 24.4 Å². The van der Waals surface area contributed by atoms with Crippen LogP contribution in [-0.4, -0.2) is 43.9 Å². The SMILES string of the molecule is C[C@@H](C(=O)O)N(C(=O)CCCP(=O)(O)O)c1ccc([N+](=O)[O-])cc1. The highest BCUT2D eigenvalue weighted by Crippen LogP contribution is 2.35. The lowest BCUT2D eigenvalue weighted by Gasteiger charge is -2.26. The molecule has 0 aliphatic heterocycles. The highest BCUT2D eigenvalue weighted by Gasteiger charge is 2.27. The van der Waals surface area contributed by atoms with E-state index in [2.05, 4.69) is 0 Å². The molecule has 1 amide bonds. The van der Waals surface area contributed by atoms with Gasteiger partial charge in [-0.05, 0) is 25.5 Å². The molecule has 0 aliphatic carbocycles. The van der Waals surface area contributed by atoms with Crippen molar-refractivity contribution < 1.29 is 34.0 Å². The first-order valence-corrected chi connectivity index (χ1v) is 8.66.